The lowest BCUT2D eigenvalue weighted by Gasteiger charge is -2.36. The summed E-state index contributed by atoms with van der Waals surface area (Å²) >= 11 is 0. The fourth-order valence-electron chi connectivity index (χ4n) is 4.36. The second-order valence-corrected chi connectivity index (χ2v) is 8.04. The summed E-state index contributed by atoms with van der Waals surface area (Å²) in [5.74, 6) is 2.19. The van der Waals surface area contributed by atoms with E-state index in [-0.39, 0.29) is 30.9 Å². The number of piperazine rings is 1. The molecule has 1 aromatic heterocycles. The van der Waals surface area contributed by atoms with Crippen molar-refractivity contribution < 1.29 is 23.5 Å². The summed E-state index contributed by atoms with van der Waals surface area (Å²) in [6.45, 7) is 5.00. The van der Waals surface area contributed by atoms with Gasteiger partial charge in [-0.1, -0.05) is 6.07 Å². The van der Waals surface area contributed by atoms with Crippen LogP contribution < -0.4 is 9.47 Å². The van der Waals surface area contributed by atoms with Gasteiger partial charge in [0.05, 0.1) is 18.7 Å². The Labute approximate surface area is 174 Å². The summed E-state index contributed by atoms with van der Waals surface area (Å²) in [7, 11) is 0. The third kappa shape index (κ3) is 3.87. The zero-order valence-electron chi connectivity index (χ0n) is 16.8. The van der Waals surface area contributed by atoms with Gasteiger partial charge < -0.3 is 23.7 Å². The van der Waals surface area contributed by atoms with Crippen molar-refractivity contribution in [2.45, 2.75) is 19.5 Å². The first-order chi connectivity index (χ1) is 14.7. The molecule has 4 heterocycles. The van der Waals surface area contributed by atoms with Gasteiger partial charge in [-0.15, -0.1) is 0 Å². The van der Waals surface area contributed by atoms with Gasteiger partial charge in [0.15, 0.2) is 11.5 Å². The van der Waals surface area contributed by atoms with Gasteiger partial charge in [0.1, 0.15) is 5.76 Å². The van der Waals surface area contributed by atoms with Gasteiger partial charge in [-0.3, -0.25) is 14.5 Å². The van der Waals surface area contributed by atoms with Gasteiger partial charge in [0.25, 0.3) is 0 Å². The second-order valence-electron chi connectivity index (χ2n) is 8.04. The Kier molecular flexibility index (Phi) is 5.08. The Morgan fingerprint density at radius 1 is 1.03 bits per heavy atom. The van der Waals surface area contributed by atoms with E-state index in [4.69, 9.17) is 13.9 Å². The maximum Gasteiger partial charge on any atom is 0.231 e. The third-order valence-corrected chi connectivity index (χ3v) is 6.02. The van der Waals surface area contributed by atoms with E-state index in [0.29, 0.717) is 26.2 Å². The number of carbonyl (C=O) groups excluding carboxylic acids is 2. The Morgan fingerprint density at radius 2 is 1.87 bits per heavy atom. The molecular formula is C22H25N3O5. The number of nitrogens with zero attached hydrogens (tertiary/aromatic N) is 3. The van der Waals surface area contributed by atoms with Crippen molar-refractivity contribution in [3.63, 3.8) is 0 Å². The van der Waals surface area contributed by atoms with Gasteiger partial charge in [-0.2, -0.15) is 0 Å². The van der Waals surface area contributed by atoms with Gasteiger partial charge in [-0.25, -0.2) is 0 Å². The number of hydrogen-bond donors (Lipinski definition) is 0. The number of likely N-dealkylation sites (tertiary alicyclic amines) is 1. The van der Waals surface area contributed by atoms with Crippen molar-refractivity contribution in [1.29, 1.82) is 0 Å². The molecule has 2 aromatic rings. The maximum absolute atomic E-state index is 13.0. The van der Waals surface area contributed by atoms with E-state index in [9.17, 15) is 9.59 Å². The zero-order chi connectivity index (χ0) is 20.5. The minimum absolute atomic E-state index is 0.0196. The Morgan fingerprint density at radius 3 is 2.67 bits per heavy atom. The molecule has 3 aliphatic rings. The van der Waals surface area contributed by atoms with Gasteiger partial charge in [0.2, 0.25) is 18.6 Å². The molecule has 0 radical (unpaired) electrons. The Balaban J connectivity index is 1.12. The fraction of sp³-hybridized carbons (Fsp3) is 0.455. The highest BCUT2D eigenvalue weighted by molar-refractivity contribution is 5.89. The molecule has 5 rings (SSSR count). The summed E-state index contributed by atoms with van der Waals surface area (Å²) in [6, 6.07) is 9.69. The first kappa shape index (κ1) is 19.0. The van der Waals surface area contributed by atoms with E-state index in [1.807, 2.05) is 29.2 Å². The van der Waals surface area contributed by atoms with Crippen molar-refractivity contribution in [1.82, 2.24) is 14.7 Å². The minimum Gasteiger partial charge on any atom is -0.467 e. The number of rotatable bonds is 5. The van der Waals surface area contributed by atoms with E-state index < -0.39 is 0 Å². The molecule has 0 unspecified atom stereocenters. The first-order valence-corrected chi connectivity index (χ1v) is 10.4. The van der Waals surface area contributed by atoms with E-state index in [1.54, 1.807) is 11.2 Å². The van der Waals surface area contributed by atoms with Crippen molar-refractivity contribution >= 4 is 11.8 Å². The molecule has 1 aromatic carbocycles. The normalized spacial score (nSPS) is 21.5. The molecule has 2 amide bonds. The average molecular weight is 411 g/mol. The highest BCUT2D eigenvalue weighted by Gasteiger charge is 2.37. The quantitative estimate of drug-likeness (QED) is 0.746. The van der Waals surface area contributed by atoms with Crippen molar-refractivity contribution in [3.05, 3.63) is 47.9 Å². The molecule has 0 aliphatic carbocycles. The lowest BCUT2D eigenvalue weighted by Crippen LogP contribution is -2.50. The third-order valence-electron chi connectivity index (χ3n) is 6.02. The lowest BCUT2D eigenvalue weighted by atomic mass is 10.1. The van der Waals surface area contributed by atoms with Crippen LogP contribution in [-0.2, 0) is 22.7 Å². The van der Waals surface area contributed by atoms with Crippen LogP contribution in [0.15, 0.2) is 41.0 Å². The summed E-state index contributed by atoms with van der Waals surface area (Å²) in [5, 5.41) is 0. The largest absolute Gasteiger partial charge is 0.467 e. The Hall–Kier alpha value is -3.00. The predicted octanol–water partition coefficient (Wildman–Crippen LogP) is 1.70. The van der Waals surface area contributed by atoms with E-state index in [2.05, 4.69) is 11.0 Å². The van der Waals surface area contributed by atoms with E-state index >= 15 is 0 Å². The van der Waals surface area contributed by atoms with Crippen LogP contribution in [0.1, 0.15) is 17.7 Å². The highest BCUT2D eigenvalue weighted by atomic mass is 16.7. The van der Waals surface area contributed by atoms with Crippen molar-refractivity contribution in [3.8, 4) is 11.5 Å². The molecule has 2 fully saturated rings. The van der Waals surface area contributed by atoms with Crippen LogP contribution in [0.2, 0.25) is 0 Å². The molecule has 2 saturated heterocycles. The Bertz CT molecular complexity index is 921. The summed E-state index contributed by atoms with van der Waals surface area (Å²) < 4.78 is 16.1. The number of amides is 2. The molecule has 3 aliphatic heterocycles. The van der Waals surface area contributed by atoms with E-state index in [1.165, 1.54) is 5.56 Å². The minimum atomic E-state index is -0.257. The number of furan rings is 1. The molecular weight excluding hydrogens is 386 g/mol. The van der Waals surface area contributed by atoms with Gasteiger partial charge >= 0.3 is 0 Å². The van der Waals surface area contributed by atoms with Gasteiger partial charge in [-0.05, 0) is 29.8 Å². The van der Waals surface area contributed by atoms with Crippen LogP contribution in [0.3, 0.4) is 0 Å². The van der Waals surface area contributed by atoms with Crippen LogP contribution in [0.5, 0.6) is 11.5 Å². The second kappa shape index (κ2) is 8.02. The molecule has 0 spiro atoms. The number of benzene rings is 1. The van der Waals surface area contributed by atoms with Crippen molar-refractivity contribution in [2.24, 2.45) is 5.92 Å². The fourth-order valence-corrected chi connectivity index (χ4v) is 4.36. The van der Waals surface area contributed by atoms with Crippen LogP contribution in [-0.4, -0.2) is 66.0 Å². The standard InChI is InChI=1S/C22H25N3O5/c26-21-11-17(13-25(21)14-18-2-1-9-28-18)22(27)24-7-5-23(6-8-24)12-16-3-4-19-20(10-16)30-15-29-19/h1-4,9-10,17H,5-8,11-15H2/t17-/m1/s1. The van der Waals surface area contributed by atoms with Crippen LogP contribution in [0, 0.1) is 5.92 Å². The van der Waals surface area contributed by atoms with Crippen LogP contribution in [0.25, 0.3) is 0 Å². The molecule has 0 bridgehead atoms. The molecule has 8 nitrogen and oxygen atoms in total. The molecule has 8 heteroatoms. The number of carbonyl (C=O) groups is 2. The maximum atomic E-state index is 13.0. The molecule has 30 heavy (non-hydrogen) atoms. The molecule has 158 valence electrons. The molecule has 0 saturated carbocycles. The number of ether oxygens (including phenoxy) is 2. The van der Waals surface area contributed by atoms with Crippen molar-refractivity contribution in [2.75, 3.05) is 39.5 Å². The van der Waals surface area contributed by atoms with Gasteiger partial charge in [0, 0.05) is 45.7 Å². The summed E-state index contributed by atoms with van der Waals surface area (Å²) in [6.07, 6.45) is 1.89. The van der Waals surface area contributed by atoms with E-state index in [0.717, 1.165) is 36.9 Å². The predicted molar refractivity (Wildman–Crippen MR) is 107 cm³/mol. The summed E-state index contributed by atoms with van der Waals surface area (Å²) in [5.41, 5.74) is 1.17. The first-order valence-electron chi connectivity index (χ1n) is 10.4. The average Bonchev–Trinajstić information content (AvgIpc) is 3.50. The topological polar surface area (TPSA) is 75.5 Å². The van der Waals surface area contributed by atoms with Crippen LogP contribution in [0.4, 0.5) is 0 Å². The SMILES string of the molecule is O=C1C[C@@H](C(=O)N2CCN(Cc3ccc4c(c3)OCO4)CC2)CN1Cc1ccco1. The lowest BCUT2D eigenvalue weighted by molar-refractivity contribution is -0.137. The highest BCUT2D eigenvalue weighted by Crippen LogP contribution is 2.33. The number of hydrogen-bond acceptors (Lipinski definition) is 6. The zero-order valence-corrected chi connectivity index (χ0v) is 16.8. The summed E-state index contributed by atoms with van der Waals surface area (Å²) in [4.78, 5) is 31.2. The van der Waals surface area contributed by atoms with Crippen LogP contribution >= 0.6 is 0 Å². The number of fused-ring (bicyclic) bond motifs is 1. The molecule has 1 atom stereocenters. The monoisotopic (exact) mass is 411 g/mol. The smallest absolute Gasteiger partial charge is 0.231 e. The molecule has 0 N–H and O–H groups in total.